The minimum absolute atomic E-state index is 0. The van der Waals surface area contributed by atoms with Crippen LogP contribution >= 0.6 is 18.6 Å². The summed E-state index contributed by atoms with van der Waals surface area (Å²) in [5.74, 6) is 0. The van der Waals surface area contributed by atoms with E-state index in [0.29, 0.717) is 0 Å². The van der Waals surface area contributed by atoms with Gasteiger partial charge in [0.25, 0.3) is 0 Å². The van der Waals surface area contributed by atoms with Gasteiger partial charge in [0.1, 0.15) is 0 Å². The predicted molar refractivity (Wildman–Crippen MR) is 21.6 cm³/mol. The molecule has 0 heterocycles. The zero-order chi connectivity index (χ0) is 2.71. The monoisotopic (exact) mass is 132 g/mol. The molecule has 0 N–H and O–H groups in total. The molecule has 0 aromatic carbocycles. The molecule has 0 aromatic heterocycles. The molecule has 0 amide bonds. The molecule has 4 heavy (non-hydrogen) atoms. The molecule has 0 rings (SSSR count). The Morgan fingerprint density at radius 3 is 1.25 bits per heavy atom. The van der Waals surface area contributed by atoms with E-state index in [1.165, 1.54) is 0 Å². The topological polar surface area (TPSA) is 0 Å². The van der Waals surface area contributed by atoms with Gasteiger partial charge in [-0.2, -0.15) is 0 Å². The van der Waals surface area contributed by atoms with Crippen molar-refractivity contribution in [2.24, 2.45) is 0 Å². The normalized spacial score (nSPS) is 3.50. The van der Waals surface area contributed by atoms with Crippen LogP contribution < -0.4 is 0 Å². The van der Waals surface area contributed by atoms with Crippen molar-refractivity contribution in [3.8, 4) is 0 Å². The molecular formula is H3BCl2Ti. The molecule has 0 saturated carbocycles. The summed E-state index contributed by atoms with van der Waals surface area (Å²) in [6.45, 7) is 0. The van der Waals surface area contributed by atoms with Crippen molar-refractivity contribution in [1.82, 2.24) is 0 Å². The predicted octanol–water partition coefficient (Wildman–Crippen LogP) is 0.193. The van der Waals surface area contributed by atoms with E-state index in [1.807, 2.05) is 0 Å². The van der Waals surface area contributed by atoms with Crippen LogP contribution in [-0.4, -0.2) is 8.41 Å². The zero-order valence-electron chi connectivity index (χ0n) is 1.26. The van der Waals surface area contributed by atoms with Crippen molar-refractivity contribution in [1.29, 1.82) is 0 Å². The first-order valence-corrected chi connectivity index (χ1v) is 4.68. The maximum absolute atomic E-state index is 4.89. The van der Waals surface area contributed by atoms with Gasteiger partial charge in [0, 0.05) is 0 Å². The quantitative estimate of drug-likeness (QED) is 0.413. The Bertz CT molecular complexity index is 6.00. The van der Waals surface area contributed by atoms with Gasteiger partial charge < -0.3 is 0 Å². The standard InChI is InChI=1S/BH3.2ClH.Ti/h1H3;2*1H;/q;;;+2/p-2. The Morgan fingerprint density at radius 2 is 1.25 bits per heavy atom. The van der Waals surface area contributed by atoms with Gasteiger partial charge in [0.15, 0.2) is 0 Å². The number of hydrogen-bond donors (Lipinski definition) is 0. The van der Waals surface area contributed by atoms with E-state index < -0.39 is 17.0 Å². The molecule has 0 bridgehead atoms. The number of hydrogen-bond acceptors (Lipinski definition) is 0. The molecule has 0 radical (unpaired) electrons. The number of rotatable bonds is 0. The third-order valence-corrected chi connectivity index (χ3v) is 0. The van der Waals surface area contributed by atoms with E-state index in [2.05, 4.69) is 0 Å². The Kier molecular flexibility index (Phi) is 19.9. The Hall–Kier alpha value is 1.36. The van der Waals surface area contributed by atoms with Crippen LogP contribution in [0.5, 0.6) is 0 Å². The van der Waals surface area contributed by atoms with Gasteiger partial charge in [-0.1, -0.05) is 0 Å². The molecule has 0 saturated heterocycles. The zero-order valence-corrected chi connectivity index (χ0v) is 4.33. The van der Waals surface area contributed by atoms with Crippen LogP contribution in [0.2, 0.25) is 0 Å². The molecule has 0 aliphatic heterocycles. The van der Waals surface area contributed by atoms with E-state index >= 15 is 0 Å². The van der Waals surface area contributed by atoms with Crippen molar-refractivity contribution >= 4 is 27.0 Å². The second kappa shape index (κ2) is 8.84. The third kappa shape index (κ3) is 10.1. The average Bonchev–Trinajstić information content (AvgIpc) is 0.918. The van der Waals surface area contributed by atoms with Crippen LogP contribution in [0.15, 0.2) is 0 Å². The van der Waals surface area contributed by atoms with Gasteiger partial charge in [-0.25, -0.2) is 0 Å². The van der Waals surface area contributed by atoms with E-state index in [-0.39, 0.29) is 8.41 Å². The van der Waals surface area contributed by atoms with Crippen LogP contribution in [0.4, 0.5) is 0 Å². The fourth-order valence-corrected chi connectivity index (χ4v) is 0. The summed E-state index contributed by atoms with van der Waals surface area (Å²) in [4.78, 5) is 0. The molecule has 0 spiro atoms. The molecule has 0 aliphatic rings. The summed E-state index contributed by atoms with van der Waals surface area (Å²) < 4.78 is 0. The fraction of sp³-hybridized carbons (Fsp3) is 0. The fourth-order valence-electron chi connectivity index (χ4n) is 0. The van der Waals surface area contributed by atoms with E-state index in [0.717, 1.165) is 0 Å². The number of halogens is 2. The molecule has 0 aliphatic carbocycles. The Labute approximate surface area is 44.1 Å². The molecular weight excluding hydrogens is 130 g/mol. The molecule has 0 fully saturated rings. The minimum atomic E-state index is -0.556. The van der Waals surface area contributed by atoms with Crippen LogP contribution in [0.1, 0.15) is 0 Å². The second-order valence-corrected chi connectivity index (χ2v) is 2.65. The first-order valence-electron chi connectivity index (χ1n) is 0.378. The summed E-state index contributed by atoms with van der Waals surface area (Å²) in [6, 6.07) is 0. The summed E-state index contributed by atoms with van der Waals surface area (Å²) in [5, 5.41) is 0. The van der Waals surface area contributed by atoms with Crippen molar-refractivity contribution in [3.63, 3.8) is 0 Å². The van der Waals surface area contributed by atoms with Crippen molar-refractivity contribution < 1.29 is 17.0 Å². The molecule has 0 nitrogen and oxygen atoms in total. The van der Waals surface area contributed by atoms with Crippen LogP contribution in [0.25, 0.3) is 0 Å². The molecule has 0 unspecified atom stereocenters. The molecule has 0 atom stereocenters. The van der Waals surface area contributed by atoms with Crippen molar-refractivity contribution in [3.05, 3.63) is 0 Å². The SMILES string of the molecule is B.[Cl][Ti][Cl]. The molecule has 0 aromatic rings. The van der Waals surface area contributed by atoms with E-state index in [1.54, 1.807) is 0 Å². The van der Waals surface area contributed by atoms with Gasteiger partial charge in [-0.15, -0.1) is 0 Å². The van der Waals surface area contributed by atoms with Crippen LogP contribution in [0.3, 0.4) is 0 Å². The van der Waals surface area contributed by atoms with Crippen molar-refractivity contribution in [2.75, 3.05) is 0 Å². The molecule has 24 valence electrons. The summed E-state index contributed by atoms with van der Waals surface area (Å²) in [7, 11) is 9.78. The summed E-state index contributed by atoms with van der Waals surface area (Å²) in [5.41, 5.74) is 0. The summed E-state index contributed by atoms with van der Waals surface area (Å²) in [6.07, 6.45) is 0. The second-order valence-electron chi connectivity index (χ2n) is 0.0714. The van der Waals surface area contributed by atoms with Gasteiger partial charge >= 0.3 is 35.6 Å². The van der Waals surface area contributed by atoms with E-state index in [9.17, 15) is 0 Å². The van der Waals surface area contributed by atoms with Gasteiger partial charge in [-0.05, 0) is 0 Å². The van der Waals surface area contributed by atoms with Crippen LogP contribution in [0, 0.1) is 0 Å². The van der Waals surface area contributed by atoms with Gasteiger partial charge in [0.2, 0.25) is 0 Å². The maximum atomic E-state index is 4.89. The Balaban J connectivity index is 0. The van der Waals surface area contributed by atoms with Gasteiger partial charge in [-0.3, -0.25) is 0 Å². The Morgan fingerprint density at radius 1 is 1.25 bits per heavy atom. The first-order chi connectivity index (χ1) is 1.41. The van der Waals surface area contributed by atoms with Gasteiger partial charge in [0.05, 0.1) is 8.41 Å². The van der Waals surface area contributed by atoms with Crippen LogP contribution in [-0.2, 0) is 17.0 Å². The summed E-state index contributed by atoms with van der Waals surface area (Å²) >= 11 is -0.556. The van der Waals surface area contributed by atoms with E-state index in [4.69, 9.17) is 18.6 Å². The molecule has 4 heteroatoms. The third-order valence-electron chi connectivity index (χ3n) is 0. The average molecular weight is 133 g/mol. The van der Waals surface area contributed by atoms with Crippen molar-refractivity contribution in [2.45, 2.75) is 0 Å². The first kappa shape index (κ1) is 9.02.